The zero-order chi connectivity index (χ0) is 14.8. The molecule has 0 bridgehead atoms. The number of carbonyl (C=O) groups is 1. The maximum atomic E-state index is 9.25. The maximum absolute atomic E-state index is 9.25. The number of nitrogen functional groups attached to an aromatic ring is 1. The molecule has 1 rings (SSSR count). The Bertz CT molecular complexity index is 311. The molecule has 0 saturated carbocycles. The summed E-state index contributed by atoms with van der Waals surface area (Å²) in [7, 11) is 0. The highest BCUT2D eigenvalue weighted by Gasteiger charge is 1.73. The van der Waals surface area contributed by atoms with Gasteiger partial charge < -0.3 is 21.1 Å². The molecule has 0 aliphatic carbocycles. The van der Waals surface area contributed by atoms with Gasteiger partial charge in [0.25, 0.3) is 0 Å². The minimum Gasteiger partial charge on any atom is -0.512 e. The number of hydrogen-bond acceptors (Lipinski definition) is 6. The first-order chi connectivity index (χ1) is 8.58. The van der Waals surface area contributed by atoms with Crippen LogP contribution in [-0.4, -0.2) is 21.3 Å². The summed E-state index contributed by atoms with van der Waals surface area (Å²) in [6.45, 7) is 2.96. The third-order valence-corrected chi connectivity index (χ3v) is 1.04. The summed E-state index contributed by atoms with van der Waals surface area (Å²) in [5.74, 6) is 7.02. The molecule has 18 heavy (non-hydrogen) atoms. The number of rotatable bonds is 1. The van der Waals surface area contributed by atoms with Gasteiger partial charge in [0.2, 0.25) is 0 Å². The van der Waals surface area contributed by atoms with Crippen LogP contribution in [0, 0.1) is 0 Å². The Labute approximate surface area is 105 Å². The van der Waals surface area contributed by atoms with Crippen molar-refractivity contribution >= 4 is 11.7 Å². The Kier molecular flexibility index (Phi) is 23.1. The summed E-state index contributed by atoms with van der Waals surface area (Å²) >= 11 is 0. The van der Waals surface area contributed by atoms with Crippen molar-refractivity contribution in [2.24, 2.45) is 11.7 Å². The number of aliphatic carboxylic acids is 1. The second-order valence-corrected chi connectivity index (χ2v) is 2.25. The summed E-state index contributed by atoms with van der Waals surface area (Å²) in [4.78, 5) is 9.25. The first-order valence-electron chi connectivity index (χ1n) is 4.51. The monoisotopic (exact) mass is 257 g/mol. The largest absolute Gasteiger partial charge is 0.512 e. The molecule has 0 radical (unpaired) electrons. The molecule has 102 valence electrons. The predicted octanol–water partition coefficient (Wildman–Crippen LogP) is 0.918. The van der Waals surface area contributed by atoms with Gasteiger partial charge in [-0.25, -0.2) is 4.79 Å². The van der Waals surface area contributed by atoms with Crippen LogP contribution in [-0.2, 0) is 4.79 Å². The van der Waals surface area contributed by atoms with E-state index in [1.165, 1.54) is 0 Å². The van der Waals surface area contributed by atoms with E-state index in [2.05, 4.69) is 18.3 Å². The van der Waals surface area contributed by atoms with E-state index in [4.69, 9.17) is 21.1 Å². The summed E-state index contributed by atoms with van der Waals surface area (Å²) in [5, 5.41) is 22.5. The van der Waals surface area contributed by atoms with Gasteiger partial charge >= 0.3 is 5.97 Å². The zero-order valence-electron chi connectivity index (χ0n) is 9.81. The second kappa shape index (κ2) is 20.0. The molecule has 0 heterocycles. The quantitative estimate of drug-likeness (QED) is 0.143. The van der Waals surface area contributed by atoms with Gasteiger partial charge in [-0.05, 0) is 12.1 Å². The van der Waals surface area contributed by atoms with Crippen LogP contribution in [0.2, 0.25) is 0 Å². The van der Waals surface area contributed by atoms with Crippen LogP contribution in [0.25, 0.3) is 0 Å². The van der Waals surface area contributed by atoms with Crippen molar-refractivity contribution in [1.29, 1.82) is 0 Å². The van der Waals surface area contributed by atoms with Crippen LogP contribution < -0.4 is 17.4 Å². The molecule has 0 spiro atoms. The molecule has 0 fully saturated rings. The molecule has 0 aliphatic heterocycles. The van der Waals surface area contributed by atoms with Gasteiger partial charge in [-0.15, -0.1) is 0 Å². The van der Waals surface area contributed by atoms with E-state index >= 15 is 0 Å². The van der Waals surface area contributed by atoms with E-state index in [0.717, 1.165) is 11.8 Å². The number of carboxylic acids is 1. The minimum atomic E-state index is -0.981. The zero-order valence-corrected chi connectivity index (χ0v) is 9.81. The molecule has 0 aromatic heterocycles. The van der Waals surface area contributed by atoms with Crippen LogP contribution in [0.5, 0.6) is 0 Å². The summed E-state index contributed by atoms with van der Waals surface area (Å²) in [6.07, 6.45) is 1.94. The number of aliphatic hydroxyl groups excluding tert-OH is 2. The van der Waals surface area contributed by atoms with E-state index in [1.807, 2.05) is 30.3 Å². The van der Waals surface area contributed by atoms with Crippen LogP contribution in [0.1, 0.15) is 0 Å². The molecule has 0 aliphatic rings. The van der Waals surface area contributed by atoms with Crippen LogP contribution in [0.4, 0.5) is 5.69 Å². The third kappa shape index (κ3) is 29.2. The number of hydrogen-bond donors (Lipinski definition) is 6. The van der Waals surface area contributed by atoms with Gasteiger partial charge in [-0.3, -0.25) is 11.7 Å². The van der Waals surface area contributed by atoms with Gasteiger partial charge in [-0.2, -0.15) is 0 Å². The molecule has 9 N–H and O–H groups in total. The molecular formula is C11H19N3O4. The molecular weight excluding hydrogens is 238 g/mol. The summed E-state index contributed by atoms with van der Waals surface area (Å²) < 4.78 is 0. The van der Waals surface area contributed by atoms with Crippen molar-refractivity contribution in [1.82, 2.24) is 0 Å². The SMILES string of the molecule is C=CC(=O)O.NN.Nc1ccccc1.OC=CO. The Morgan fingerprint density at radius 1 is 1.11 bits per heavy atom. The average molecular weight is 257 g/mol. The number of benzene rings is 1. The fourth-order valence-corrected chi connectivity index (χ4v) is 0.453. The summed E-state index contributed by atoms with van der Waals surface area (Å²) in [5.41, 5.74) is 6.18. The van der Waals surface area contributed by atoms with E-state index in [0.29, 0.717) is 12.5 Å². The minimum absolute atomic E-state index is 0.556. The molecule has 7 nitrogen and oxygen atoms in total. The van der Waals surface area contributed by atoms with Crippen molar-refractivity contribution < 1.29 is 20.1 Å². The number of hydrazine groups is 1. The number of anilines is 1. The molecule has 0 unspecified atom stereocenters. The summed E-state index contributed by atoms with van der Waals surface area (Å²) in [6, 6.07) is 9.49. The topological polar surface area (TPSA) is 156 Å². The average Bonchev–Trinajstić information content (AvgIpc) is 2.43. The number of aliphatic hydroxyl groups is 2. The van der Waals surface area contributed by atoms with E-state index < -0.39 is 5.97 Å². The van der Waals surface area contributed by atoms with Crippen LogP contribution in [0.15, 0.2) is 55.5 Å². The number of nitrogens with two attached hydrogens (primary N) is 3. The number of carboxylic acid groups (broad SMARTS) is 1. The maximum Gasteiger partial charge on any atom is 0.327 e. The van der Waals surface area contributed by atoms with E-state index in [9.17, 15) is 4.79 Å². The molecule has 0 amide bonds. The highest BCUT2D eigenvalue weighted by atomic mass is 16.4. The Morgan fingerprint density at radius 2 is 1.44 bits per heavy atom. The fourth-order valence-electron chi connectivity index (χ4n) is 0.453. The first kappa shape index (κ1) is 20.8. The normalized spacial score (nSPS) is 7.44. The Balaban J connectivity index is -0.000000183. The molecule has 1 aromatic rings. The van der Waals surface area contributed by atoms with Crippen molar-refractivity contribution in [2.45, 2.75) is 0 Å². The van der Waals surface area contributed by atoms with Gasteiger partial charge in [0.1, 0.15) is 12.5 Å². The first-order valence-corrected chi connectivity index (χ1v) is 4.51. The van der Waals surface area contributed by atoms with Gasteiger partial charge in [-0.1, -0.05) is 24.8 Å². The molecule has 0 saturated heterocycles. The van der Waals surface area contributed by atoms with Gasteiger partial charge in [0.05, 0.1) is 0 Å². The molecule has 1 aromatic carbocycles. The Morgan fingerprint density at radius 3 is 1.56 bits per heavy atom. The van der Waals surface area contributed by atoms with Crippen molar-refractivity contribution in [3.05, 3.63) is 55.5 Å². The van der Waals surface area contributed by atoms with Crippen LogP contribution in [0.3, 0.4) is 0 Å². The lowest BCUT2D eigenvalue weighted by Crippen LogP contribution is -2.02. The van der Waals surface area contributed by atoms with E-state index in [-0.39, 0.29) is 0 Å². The molecule has 0 atom stereocenters. The lowest BCUT2D eigenvalue weighted by atomic mass is 10.3. The smallest absolute Gasteiger partial charge is 0.327 e. The lowest BCUT2D eigenvalue weighted by Gasteiger charge is -1.83. The highest BCUT2D eigenvalue weighted by Crippen LogP contribution is 1.95. The van der Waals surface area contributed by atoms with Crippen LogP contribution >= 0.6 is 0 Å². The van der Waals surface area contributed by atoms with Gasteiger partial charge in [0, 0.05) is 11.8 Å². The fraction of sp³-hybridized carbons (Fsp3) is 0. The predicted molar refractivity (Wildman–Crippen MR) is 71.5 cm³/mol. The van der Waals surface area contributed by atoms with E-state index in [1.54, 1.807) is 0 Å². The third-order valence-electron chi connectivity index (χ3n) is 1.04. The molecule has 7 heteroatoms. The standard InChI is InChI=1S/C6H7N.C3H4O2.C2H4O2.H4N2/c7-6-4-2-1-3-5-6;1-2-3(4)5;3-1-2-4;1-2/h1-5H,7H2;2H,1H2,(H,4,5);1-4H;1-2H2. The second-order valence-electron chi connectivity index (χ2n) is 2.25. The van der Waals surface area contributed by atoms with Crippen molar-refractivity contribution in [3.63, 3.8) is 0 Å². The Hall–Kier alpha value is -2.51. The highest BCUT2D eigenvalue weighted by molar-refractivity contribution is 5.78. The van der Waals surface area contributed by atoms with Crippen molar-refractivity contribution in [2.75, 3.05) is 5.73 Å². The van der Waals surface area contributed by atoms with Crippen molar-refractivity contribution in [3.8, 4) is 0 Å². The number of para-hydroxylation sites is 1. The lowest BCUT2D eigenvalue weighted by molar-refractivity contribution is -0.131. The van der Waals surface area contributed by atoms with Gasteiger partial charge in [0.15, 0.2) is 0 Å².